The summed E-state index contributed by atoms with van der Waals surface area (Å²) >= 11 is 1.39. The first-order valence-corrected chi connectivity index (χ1v) is 6.96. The molecule has 2 rings (SSSR count). The van der Waals surface area contributed by atoms with Gasteiger partial charge in [0.1, 0.15) is 4.88 Å². The van der Waals surface area contributed by atoms with Crippen LogP contribution in [0.25, 0.3) is 0 Å². The van der Waals surface area contributed by atoms with Crippen molar-refractivity contribution in [3.63, 3.8) is 0 Å². The van der Waals surface area contributed by atoms with Gasteiger partial charge in [-0.25, -0.2) is 4.79 Å². The van der Waals surface area contributed by atoms with Crippen LogP contribution in [0, 0.1) is 6.92 Å². The molecule has 1 aromatic heterocycles. The summed E-state index contributed by atoms with van der Waals surface area (Å²) in [5.74, 6) is -0.897. The van der Waals surface area contributed by atoms with E-state index in [1.54, 1.807) is 0 Å². The van der Waals surface area contributed by atoms with Gasteiger partial charge in [-0.2, -0.15) is 0 Å². The third-order valence-corrected chi connectivity index (χ3v) is 5.65. The molecule has 0 spiro atoms. The van der Waals surface area contributed by atoms with Gasteiger partial charge >= 0.3 is 5.97 Å². The van der Waals surface area contributed by atoms with Crippen LogP contribution in [0.1, 0.15) is 59.1 Å². The molecule has 0 saturated heterocycles. The summed E-state index contributed by atoms with van der Waals surface area (Å²) in [6.07, 6.45) is 5.90. The lowest BCUT2D eigenvalue weighted by atomic mass is 9.80. The van der Waals surface area contributed by atoms with Crippen molar-refractivity contribution in [3.05, 3.63) is 15.3 Å². The summed E-state index contributed by atoms with van der Waals surface area (Å²) in [6, 6.07) is 0. The number of carboxylic acid groups (broad SMARTS) is 1. The number of carboxylic acids is 1. The zero-order chi connectivity index (χ0) is 12.6. The summed E-state index contributed by atoms with van der Waals surface area (Å²) in [4.78, 5) is 12.7. The number of thiophene rings is 1. The number of nitrogen functional groups attached to an aromatic ring is 1. The molecule has 0 atom stereocenters. The van der Waals surface area contributed by atoms with E-state index in [4.69, 9.17) is 10.8 Å². The summed E-state index contributed by atoms with van der Waals surface area (Å²) in [6.45, 7) is 4.16. The van der Waals surface area contributed by atoms with Crippen LogP contribution in [0.4, 0.5) is 5.69 Å². The van der Waals surface area contributed by atoms with Crippen molar-refractivity contribution < 1.29 is 9.90 Å². The highest BCUT2D eigenvalue weighted by atomic mass is 32.1. The molecule has 0 aromatic carbocycles. The third kappa shape index (κ3) is 1.84. The van der Waals surface area contributed by atoms with Crippen molar-refractivity contribution in [1.82, 2.24) is 0 Å². The van der Waals surface area contributed by atoms with Gasteiger partial charge in [-0.05, 0) is 31.7 Å². The fourth-order valence-electron chi connectivity index (χ4n) is 2.98. The maximum atomic E-state index is 11.1. The Kier molecular flexibility index (Phi) is 3.17. The fraction of sp³-hybridized carbons (Fsp3) is 0.615. The third-order valence-electron chi connectivity index (χ3n) is 4.11. The SMILES string of the molecule is CCC1(c2sc(C(=O)O)c(N)c2C)CCCC1. The minimum Gasteiger partial charge on any atom is -0.477 e. The number of carbonyl (C=O) groups is 1. The Morgan fingerprint density at radius 3 is 2.47 bits per heavy atom. The van der Waals surface area contributed by atoms with Gasteiger partial charge in [-0.15, -0.1) is 11.3 Å². The van der Waals surface area contributed by atoms with Crippen molar-refractivity contribution in [3.8, 4) is 0 Å². The maximum Gasteiger partial charge on any atom is 0.348 e. The second-order valence-electron chi connectivity index (χ2n) is 4.95. The van der Waals surface area contributed by atoms with E-state index in [-0.39, 0.29) is 5.41 Å². The Bertz CT molecular complexity index is 445. The molecule has 1 aliphatic rings. The molecule has 0 amide bonds. The van der Waals surface area contributed by atoms with Crippen LogP contribution in [-0.4, -0.2) is 11.1 Å². The zero-order valence-corrected chi connectivity index (χ0v) is 11.2. The lowest BCUT2D eigenvalue weighted by molar-refractivity contribution is 0.0703. The first kappa shape index (κ1) is 12.4. The van der Waals surface area contributed by atoms with E-state index in [0.717, 1.165) is 12.0 Å². The first-order chi connectivity index (χ1) is 8.02. The molecule has 17 heavy (non-hydrogen) atoms. The van der Waals surface area contributed by atoms with Crippen molar-refractivity contribution >= 4 is 23.0 Å². The molecule has 1 aromatic rings. The Morgan fingerprint density at radius 1 is 1.47 bits per heavy atom. The Hall–Kier alpha value is -1.03. The van der Waals surface area contributed by atoms with Crippen molar-refractivity contribution in [2.75, 3.05) is 5.73 Å². The lowest BCUT2D eigenvalue weighted by Crippen LogP contribution is -2.20. The van der Waals surface area contributed by atoms with Crippen LogP contribution in [0.15, 0.2) is 0 Å². The van der Waals surface area contributed by atoms with Gasteiger partial charge < -0.3 is 10.8 Å². The van der Waals surface area contributed by atoms with Gasteiger partial charge in [-0.3, -0.25) is 0 Å². The monoisotopic (exact) mass is 253 g/mol. The molecule has 0 aliphatic heterocycles. The molecule has 1 aliphatic carbocycles. The zero-order valence-electron chi connectivity index (χ0n) is 10.4. The predicted molar refractivity (Wildman–Crippen MR) is 70.9 cm³/mol. The van der Waals surface area contributed by atoms with Gasteiger partial charge in [0.2, 0.25) is 0 Å². The van der Waals surface area contributed by atoms with Gasteiger partial charge in [0.25, 0.3) is 0 Å². The van der Waals surface area contributed by atoms with Crippen molar-refractivity contribution in [2.24, 2.45) is 0 Å². The van der Waals surface area contributed by atoms with Gasteiger partial charge in [0, 0.05) is 10.3 Å². The number of hydrogen-bond donors (Lipinski definition) is 2. The summed E-state index contributed by atoms with van der Waals surface area (Å²) < 4.78 is 0. The molecule has 1 fully saturated rings. The smallest absolute Gasteiger partial charge is 0.348 e. The molecule has 1 saturated carbocycles. The van der Waals surface area contributed by atoms with Crippen molar-refractivity contribution in [1.29, 1.82) is 0 Å². The number of nitrogens with two attached hydrogens (primary N) is 1. The van der Waals surface area contributed by atoms with Gasteiger partial charge in [0.05, 0.1) is 5.69 Å². The topological polar surface area (TPSA) is 63.3 Å². The lowest BCUT2D eigenvalue weighted by Gasteiger charge is -2.27. The fourth-order valence-corrected chi connectivity index (χ4v) is 4.37. The maximum absolute atomic E-state index is 11.1. The molecular formula is C13H19NO2S. The number of rotatable bonds is 3. The van der Waals surface area contributed by atoms with E-state index in [1.807, 2.05) is 6.92 Å². The average Bonchev–Trinajstić information content (AvgIpc) is 2.87. The summed E-state index contributed by atoms with van der Waals surface area (Å²) in [5, 5.41) is 9.13. The Labute approximate surface area is 106 Å². The molecule has 94 valence electrons. The van der Waals surface area contributed by atoms with Crippen LogP contribution < -0.4 is 5.73 Å². The molecule has 0 radical (unpaired) electrons. The second kappa shape index (κ2) is 4.33. The van der Waals surface area contributed by atoms with Gasteiger partial charge in [0.15, 0.2) is 0 Å². The molecule has 0 unspecified atom stereocenters. The highest BCUT2D eigenvalue weighted by Gasteiger charge is 2.38. The minimum atomic E-state index is -0.897. The Morgan fingerprint density at radius 2 is 2.06 bits per heavy atom. The van der Waals surface area contributed by atoms with Crippen molar-refractivity contribution in [2.45, 2.75) is 51.4 Å². The molecular weight excluding hydrogens is 234 g/mol. The van der Waals surface area contributed by atoms with E-state index in [2.05, 4.69) is 6.92 Å². The van der Waals surface area contributed by atoms with Crippen LogP contribution in [0.2, 0.25) is 0 Å². The highest BCUT2D eigenvalue weighted by molar-refractivity contribution is 7.15. The molecule has 1 heterocycles. The van der Waals surface area contributed by atoms with Gasteiger partial charge in [-0.1, -0.05) is 19.8 Å². The second-order valence-corrected chi connectivity index (χ2v) is 5.97. The van der Waals surface area contributed by atoms with Crippen LogP contribution >= 0.6 is 11.3 Å². The number of aromatic carboxylic acids is 1. The normalized spacial score (nSPS) is 18.5. The molecule has 3 N–H and O–H groups in total. The molecule has 0 bridgehead atoms. The molecule has 4 heteroatoms. The largest absolute Gasteiger partial charge is 0.477 e. The highest BCUT2D eigenvalue weighted by Crippen LogP contribution is 2.49. The van der Waals surface area contributed by atoms with E-state index < -0.39 is 5.97 Å². The standard InChI is InChI=1S/C13H19NO2S/c1-3-13(6-4-5-7-13)11-8(2)9(14)10(17-11)12(15)16/h3-7,14H2,1-2H3,(H,15,16). The van der Waals surface area contributed by atoms with E-state index in [1.165, 1.54) is 41.9 Å². The van der Waals surface area contributed by atoms with E-state index in [0.29, 0.717) is 10.6 Å². The summed E-state index contributed by atoms with van der Waals surface area (Å²) in [5.41, 5.74) is 7.57. The first-order valence-electron chi connectivity index (χ1n) is 6.14. The quantitative estimate of drug-likeness (QED) is 0.865. The number of anilines is 1. The van der Waals surface area contributed by atoms with Crippen LogP contribution in [0.5, 0.6) is 0 Å². The number of hydrogen-bond acceptors (Lipinski definition) is 3. The summed E-state index contributed by atoms with van der Waals surface area (Å²) in [7, 11) is 0. The average molecular weight is 253 g/mol. The van der Waals surface area contributed by atoms with E-state index >= 15 is 0 Å². The predicted octanol–water partition coefficient (Wildman–Crippen LogP) is 3.56. The van der Waals surface area contributed by atoms with Crippen LogP contribution in [0.3, 0.4) is 0 Å². The van der Waals surface area contributed by atoms with Crippen LogP contribution in [-0.2, 0) is 5.41 Å². The Balaban J connectivity index is 2.52. The minimum absolute atomic E-state index is 0.191. The molecule has 3 nitrogen and oxygen atoms in total. The van der Waals surface area contributed by atoms with E-state index in [9.17, 15) is 4.79 Å².